The molecule has 1 saturated heterocycles. The lowest BCUT2D eigenvalue weighted by Gasteiger charge is -2.49. The van der Waals surface area contributed by atoms with E-state index in [4.69, 9.17) is 0 Å². The quantitative estimate of drug-likeness (QED) is 0.678. The van der Waals surface area contributed by atoms with Gasteiger partial charge in [0.25, 0.3) is 0 Å². The summed E-state index contributed by atoms with van der Waals surface area (Å²) < 4.78 is 0. The third kappa shape index (κ3) is 2.05. The molecule has 1 saturated carbocycles. The fourth-order valence-electron chi connectivity index (χ4n) is 2.76. The normalized spacial score (nSPS) is 32.1. The van der Waals surface area contributed by atoms with Crippen molar-refractivity contribution in [1.82, 2.24) is 10.6 Å². The zero-order valence-corrected chi connectivity index (χ0v) is 8.90. The van der Waals surface area contributed by atoms with E-state index in [0.29, 0.717) is 11.6 Å². The molecular formula is C11H22N2. The number of nitrogens with one attached hydrogen (secondary N) is 2. The summed E-state index contributed by atoms with van der Waals surface area (Å²) in [7, 11) is 0. The minimum absolute atomic E-state index is 0.546. The van der Waals surface area contributed by atoms with Crippen molar-refractivity contribution in [2.75, 3.05) is 6.54 Å². The van der Waals surface area contributed by atoms with Crippen molar-refractivity contribution in [3.8, 4) is 0 Å². The lowest BCUT2D eigenvalue weighted by Crippen LogP contribution is -2.59. The van der Waals surface area contributed by atoms with E-state index in [-0.39, 0.29) is 0 Å². The van der Waals surface area contributed by atoms with E-state index in [1.807, 2.05) is 0 Å². The van der Waals surface area contributed by atoms with Crippen molar-refractivity contribution in [3.05, 3.63) is 0 Å². The second-order valence-electron chi connectivity index (χ2n) is 5.07. The van der Waals surface area contributed by atoms with Crippen LogP contribution in [0, 0.1) is 0 Å². The Morgan fingerprint density at radius 1 is 1.38 bits per heavy atom. The minimum Gasteiger partial charge on any atom is -0.312 e. The second kappa shape index (κ2) is 3.58. The molecule has 13 heavy (non-hydrogen) atoms. The molecule has 0 radical (unpaired) electrons. The molecule has 1 unspecified atom stereocenters. The van der Waals surface area contributed by atoms with E-state index in [1.165, 1.54) is 38.6 Å². The summed E-state index contributed by atoms with van der Waals surface area (Å²) in [5.41, 5.74) is 0.546. The van der Waals surface area contributed by atoms with Gasteiger partial charge in [0.1, 0.15) is 0 Å². The molecule has 0 amide bonds. The third-order valence-corrected chi connectivity index (χ3v) is 3.51. The maximum Gasteiger partial charge on any atom is 0.0196 e. The van der Waals surface area contributed by atoms with Crippen molar-refractivity contribution < 1.29 is 0 Å². The maximum atomic E-state index is 3.70. The van der Waals surface area contributed by atoms with Crippen LogP contribution in [0.1, 0.15) is 46.0 Å². The Kier molecular flexibility index (Phi) is 2.61. The molecule has 2 heteroatoms. The zero-order valence-electron chi connectivity index (χ0n) is 8.90. The molecule has 1 aliphatic carbocycles. The van der Waals surface area contributed by atoms with Crippen LogP contribution in [-0.4, -0.2) is 24.2 Å². The molecule has 2 N–H and O–H groups in total. The smallest absolute Gasteiger partial charge is 0.0196 e. The van der Waals surface area contributed by atoms with Crippen molar-refractivity contribution >= 4 is 0 Å². The fourth-order valence-corrected chi connectivity index (χ4v) is 2.76. The van der Waals surface area contributed by atoms with Crippen LogP contribution in [0.15, 0.2) is 0 Å². The van der Waals surface area contributed by atoms with Crippen molar-refractivity contribution in [3.63, 3.8) is 0 Å². The lowest BCUT2D eigenvalue weighted by atomic mass is 9.70. The molecule has 1 spiro atoms. The van der Waals surface area contributed by atoms with E-state index in [2.05, 4.69) is 24.5 Å². The van der Waals surface area contributed by atoms with Crippen LogP contribution < -0.4 is 10.6 Å². The van der Waals surface area contributed by atoms with Gasteiger partial charge in [0.05, 0.1) is 0 Å². The third-order valence-electron chi connectivity index (χ3n) is 3.51. The van der Waals surface area contributed by atoms with Crippen LogP contribution in [0.5, 0.6) is 0 Å². The highest BCUT2D eigenvalue weighted by molar-refractivity contribution is 5.01. The first-order valence-corrected chi connectivity index (χ1v) is 5.71. The Morgan fingerprint density at radius 2 is 2.15 bits per heavy atom. The number of piperidine rings is 1. The monoisotopic (exact) mass is 182 g/mol. The molecule has 1 atom stereocenters. The van der Waals surface area contributed by atoms with Crippen LogP contribution in [0.25, 0.3) is 0 Å². The van der Waals surface area contributed by atoms with E-state index in [1.54, 1.807) is 0 Å². The molecule has 2 aliphatic rings. The van der Waals surface area contributed by atoms with Crippen molar-refractivity contribution in [2.24, 2.45) is 0 Å². The molecule has 2 nitrogen and oxygen atoms in total. The molecule has 2 rings (SSSR count). The van der Waals surface area contributed by atoms with Gasteiger partial charge in [-0.15, -0.1) is 0 Å². The van der Waals surface area contributed by atoms with Crippen molar-refractivity contribution in [1.29, 1.82) is 0 Å². The van der Waals surface area contributed by atoms with Crippen LogP contribution in [0.4, 0.5) is 0 Å². The van der Waals surface area contributed by atoms with Crippen molar-refractivity contribution in [2.45, 2.75) is 63.6 Å². The predicted octanol–water partition coefficient (Wildman–Crippen LogP) is 1.66. The zero-order chi connectivity index (χ0) is 9.31. The summed E-state index contributed by atoms with van der Waals surface area (Å²) in [5, 5.41) is 7.36. The SMILES string of the molecule is CC(C)NC1CCNC2(CCC2)C1. The number of hydrogen-bond donors (Lipinski definition) is 2. The molecule has 0 aromatic carbocycles. The Morgan fingerprint density at radius 3 is 2.69 bits per heavy atom. The van der Waals surface area contributed by atoms with E-state index < -0.39 is 0 Å². The highest BCUT2D eigenvalue weighted by Crippen LogP contribution is 2.38. The van der Waals surface area contributed by atoms with Gasteiger partial charge in [-0.3, -0.25) is 0 Å². The van der Waals surface area contributed by atoms with Gasteiger partial charge in [0.2, 0.25) is 0 Å². The molecular weight excluding hydrogens is 160 g/mol. The molecule has 1 heterocycles. The Hall–Kier alpha value is -0.0800. The van der Waals surface area contributed by atoms with E-state index >= 15 is 0 Å². The van der Waals surface area contributed by atoms with Gasteiger partial charge < -0.3 is 10.6 Å². The van der Waals surface area contributed by atoms with Crippen LogP contribution in [0.3, 0.4) is 0 Å². The molecule has 0 bridgehead atoms. The molecule has 76 valence electrons. The summed E-state index contributed by atoms with van der Waals surface area (Å²) in [6.07, 6.45) is 6.90. The van der Waals surface area contributed by atoms with Crippen LogP contribution in [0.2, 0.25) is 0 Å². The molecule has 2 fully saturated rings. The standard InChI is InChI=1S/C11H22N2/c1-9(2)13-10-4-7-12-11(8-10)5-3-6-11/h9-10,12-13H,3-8H2,1-2H3. The summed E-state index contributed by atoms with van der Waals surface area (Å²) in [4.78, 5) is 0. The van der Waals surface area contributed by atoms with Gasteiger partial charge in [0, 0.05) is 17.6 Å². The first-order valence-electron chi connectivity index (χ1n) is 5.71. The first kappa shape index (κ1) is 9.47. The average molecular weight is 182 g/mol. The first-order chi connectivity index (χ1) is 6.20. The highest BCUT2D eigenvalue weighted by Gasteiger charge is 2.40. The highest BCUT2D eigenvalue weighted by atomic mass is 15.1. The van der Waals surface area contributed by atoms with Gasteiger partial charge >= 0.3 is 0 Å². The molecule has 0 aromatic rings. The number of rotatable bonds is 2. The number of hydrogen-bond acceptors (Lipinski definition) is 2. The maximum absolute atomic E-state index is 3.70. The van der Waals surface area contributed by atoms with Crippen LogP contribution in [-0.2, 0) is 0 Å². The Bertz CT molecular complexity index is 173. The minimum atomic E-state index is 0.546. The van der Waals surface area contributed by atoms with Gasteiger partial charge in [-0.25, -0.2) is 0 Å². The van der Waals surface area contributed by atoms with Crippen LogP contribution >= 0.6 is 0 Å². The van der Waals surface area contributed by atoms with Gasteiger partial charge in [0.15, 0.2) is 0 Å². The average Bonchev–Trinajstić information content (AvgIpc) is 2.01. The molecule has 0 aromatic heterocycles. The van der Waals surface area contributed by atoms with E-state index in [0.717, 1.165) is 6.04 Å². The summed E-state index contributed by atoms with van der Waals surface area (Å²) >= 11 is 0. The largest absolute Gasteiger partial charge is 0.312 e. The summed E-state index contributed by atoms with van der Waals surface area (Å²) in [6.45, 7) is 5.70. The summed E-state index contributed by atoms with van der Waals surface area (Å²) in [5.74, 6) is 0. The summed E-state index contributed by atoms with van der Waals surface area (Å²) in [6, 6.07) is 1.40. The molecule has 1 aliphatic heterocycles. The van der Waals surface area contributed by atoms with Gasteiger partial charge in [-0.2, -0.15) is 0 Å². The topological polar surface area (TPSA) is 24.1 Å². The second-order valence-corrected chi connectivity index (χ2v) is 5.07. The predicted molar refractivity (Wildman–Crippen MR) is 55.9 cm³/mol. The lowest BCUT2D eigenvalue weighted by molar-refractivity contribution is 0.117. The van der Waals surface area contributed by atoms with E-state index in [9.17, 15) is 0 Å². The van der Waals surface area contributed by atoms with Gasteiger partial charge in [-0.1, -0.05) is 13.8 Å². The fraction of sp³-hybridized carbons (Fsp3) is 1.00. The Labute approximate surface area is 81.5 Å². The van der Waals surface area contributed by atoms with Gasteiger partial charge in [-0.05, 0) is 38.6 Å². The Balaban J connectivity index is 1.85.